The number of nitrogens with zero attached hydrogens (tertiary/aromatic N) is 3. The summed E-state index contributed by atoms with van der Waals surface area (Å²) in [4.78, 5) is 20.3. The number of amides is 1. The molecule has 1 N–H and O–H groups in total. The van der Waals surface area contributed by atoms with Gasteiger partial charge in [-0.15, -0.1) is 11.8 Å². The van der Waals surface area contributed by atoms with E-state index in [0.29, 0.717) is 18.2 Å². The molecule has 0 aliphatic heterocycles. The van der Waals surface area contributed by atoms with E-state index in [2.05, 4.69) is 27.4 Å². The van der Waals surface area contributed by atoms with Crippen LogP contribution in [-0.4, -0.2) is 26.2 Å². The number of thioether (sulfide) groups is 1. The number of benzene rings is 1. The van der Waals surface area contributed by atoms with Gasteiger partial charge in [-0.3, -0.25) is 15.1 Å². The third-order valence-corrected chi connectivity index (χ3v) is 4.42. The van der Waals surface area contributed by atoms with Gasteiger partial charge in [0.1, 0.15) is 0 Å². The van der Waals surface area contributed by atoms with Crippen LogP contribution < -0.4 is 5.32 Å². The van der Waals surface area contributed by atoms with Crippen molar-refractivity contribution in [3.8, 4) is 0 Å². The average Bonchev–Trinajstić information content (AvgIpc) is 3.03. The van der Waals surface area contributed by atoms with Gasteiger partial charge in [0.25, 0.3) is 0 Å². The van der Waals surface area contributed by atoms with Crippen LogP contribution in [0, 0.1) is 0 Å². The normalized spacial score (nSPS) is 10.5. The molecule has 0 fully saturated rings. The van der Waals surface area contributed by atoms with E-state index >= 15 is 0 Å². The summed E-state index contributed by atoms with van der Waals surface area (Å²) in [6.07, 6.45) is 7.09. The van der Waals surface area contributed by atoms with Crippen LogP contribution in [0.1, 0.15) is 11.1 Å². The highest BCUT2D eigenvalue weighted by molar-refractivity contribution is 7.99. The Hall–Kier alpha value is -2.60. The number of aromatic nitrogens is 3. The Morgan fingerprint density at radius 1 is 1.04 bits per heavy atom. The standard InChI is InChI=1S/C18H18N4OS/c23-17(14-24-13-16-6-8-19-9-7-16)21-18-20-10-11-22(18)12-15-4-2-1-3-5-15/h1-11H,12-14H2,(H,20,21,23). The number of imidazole rings is 1. The first-order chi connectivity index (χ1) is 11.8. The van der Waals surface area contributed by atoms with Gasteiger partial charge in [-0.25, -0.2) is 4.98 Å². The Bertz CT molecular complexity index is 774. The van der Waals surface area contributed by atoms with Crippen molar-refractivity contribution in [2.45, 2.75) is 12.3 Å². The second kappa shape index (κ2) is 8.31. The maximum Gasteiger partial charge on any atom is 0.236 e. The third-order valence-electron chi connectivity index (χ3n) is 3.41. The van der Waals surface area contributed by atoms with Gasteiger partial charge in [-0.05, 0) is 23.3 Å². The van der Waals surface area contributed by atoms with Gasteiger partial charge >= 0.3 is 0 Å². The molecule has 6 heteroatoms. The van der Waals surface area contributed by atoms with Gasteiger partial charge in [-0.1, -0.05) is 30.3 Å². The Kier molecular flexibility index (Phi) is 5.63. The largest absolute Gasteiger partial charge is 0.313 e. The van der Waals surface area contributed by atoms with Crippen molar-refractivity contribution in [2.24, 2.45) is 0 Å². The summed E-state index contributed by atoms with van der Waals surface area (Å²) in [6, 6.07) is 14.0. The molecule has 0 saturated heterocycles. The van der Waals surface area contributed by atoms with Crippen LogP contribution in [0.25, 0.3) is 0 Å². The fourth-order valence-corrected chi connectivity index (χ4v) is 3.03. The van der Waals surface area contributed by atoms with Gasteiger partial charge < -0.3 is 4.57 Å². The molecule has 3 rings (SSSR count). The topological polar surface area (TPSA) is 59.8 Å². The Balaban J connectivity index is 1.51. The highest BCUT2D eigenvalue weighted by Crippen LogP contribution is 2.13. The minimum atomic E-state index is -0.0467. The van der Waals surface area contributed by atoms with Crippen LogP contribution in [0.4, 0.5) is 5.95 Å². The number of pyridine rings is 1. The maximum absolute atomic E-state index is 12.1. The molecule has 0 radical (unpaired) electrons. The molecule has 0 saturated carbocycles. The fourth-order valence-electron chi connectivity index (χ4n) is 2.24. The van der Waals surface area contributed by atoms with Crippen molar-refractivity contribution in [1.82, 2.24) is 14.5 Å². The molecule has 24 heavy (non-hydrogen) atoms. The van der Waals surface area contributed by atoms with Gasteiger partial charge in [0.2, 0.25) is 11.9 Å². The van der Waals surface area contributed by atoms with Crippen molar-refractivity contribution in [1.29, 1.82) is 0 Å². The lowest BCUT2D eigenvalue weighted by molar-refractivity contribution is -0.113. The highest BCUT2D eigenvalue weighted by Gasteiger charge is 2.08. The molecule has 1 amide bonds. The van der Waals surface area contributed by atoms with Crippen molar-refractivity contribution in [3.63, 3.8) is 0 Å². The van der Waals surface area contributed by atoms with Crippen LogP contribution in [0.5, 0.6) is 0 Å². The zero-order valence-corrected chi connectivity index (χ0v) is 13.9. The quantitative estimate of drug-likeness (QED) is 0.719. The summed E-state index contributed by atoms with van der Waals surface area (Å²) in [5, 5.41) is 2.88. The summed E-state index contributed by atoms with van der Waals surface area (Å²) in [7, 11) is 0. The fraction of sp³-hybridized carbons (Fsp3) is 0.167. The van der Waals surface area contributed by atoms with Gasteiger partial charge in [0.05, 0.1) is 12.3 Å². The maximum atomic E-state index is 12.1. The first-order valence-electron chi connectivity index (χ1n) is 7.63. The van der Waals surface area contributed by atoms with Gasteiger partial charge in [0, 0.05) is 30.5 Å². The molecular weight excluding hydrogens is 320 g/mol. The van der Waals surface area contributed by atoms with E-state index in [1.807, 2.05) is 41.1 Å². The van der Waals surface area contributed by atoms with Gasteiger partial charge in [0.15, 0.2) is 0 Å². The number of hydrogen-bond donors (Lipinski definition) is 1. The lowest BCUT2D eigenvalue weighted by Gasteiger charge is -2.09. The number of carbonyl (C=O) groups excluding carboxylic acids is 1. The molecule has 2 aromatic heterocycles. The zero-order chi connectivity index (χ0) is 16.6. The Labute approximate surface area is 145 Å². The van der Waals surface area contributed by atoms with Crippen molar-refractivity contribution in [3.05, 3.63) is 78.4 Å². The predicted molar refractivity (Wildman–Crippen MR) is 96.8 cm³/mol. The second-order valence-electron chi connectivity index (χ2n) is 5.26. The van der Waals surface area contributed by atoms with Gasteiger partial charge in [-0.2, -0.15) is 0 Å². The smallest absolute Gasteiger partial charge is 0.236 e. The summed E-state index contributed by atoms with van der Waals surface area (Å²) in [5.41, 5.74) is 2.33. The summed E-state index contributed by atoms with van der Waals surface area (Å²) >= 11 is 1.57. The minimum absolute atomic E-state index is 0.0467. The van der Waals surface area contributed by atoms with Crippen LogP contribution in [-0.2, 0) is 17.1 Å². The third kappa shape index (κ3) is 4.70. The molecule has 0 unspecified atom stereocenters. The number of carbonyl (C=O) groups is 1. The zero-order valence-electron chi connectivity index (χ0n) is 13.1. The monoisotopic (exact) mass is 338 g/mol. The summed E-state index contributed by atoms with van der Waals surface area (Å²) in [6.45, 7) is 0.681. The van der Waals surface area contributed by atoms with Crippen LogP contribution in [0.3, 0.4) is 0 Å². The highest BCUT2D eigenvalue weighted by atomic mass is 32.2. The van der Waals surface area contributed by atoms with E-state index in [4.69, 9.17) is 0 Å². The minimum Gasteiger partial charge on any atom is -0.313 e. The number of anilines is 1. The van der Waals surface area contributed by atoms with Crippen molar-refractivity contribution < 1.29 is 4.79 Å². The molecule has 2 heterocycles. The van der Waals surface area contributed by atoms with E-state index in [-0.39, 0.29) is 5.91 Å². The molecule has 5 nitrogen and oxygen atoms in total. The van der Waals surface area contributed by atoms with E-state index in [0.717, 1.165) is 16.9 Å². The molecule has 0 aliphatic carbocycles. The molecule has 1 aromatic carbocycles. The van der Waals surface area contributed by atoms with E-state index in [1.54, 1.807) is 30.4 Å². The molecule has 0 bridgehead atoms. The molecule has 0 atom stereocenters. The SMILES string of the molecule is O=C(CSCc1ccncc1)Nc1nccn1Cc1ccccc1. The van der Waals surface area contributed by atoms with E-state index in [9.17, 15) is 4.79 Å². The first-order valence-corrected chi connectivity index (χ1v) is 8.78. The van der Waals surface area contributed by atoms with Crippen LogP contribution in [0.15, 0.2) is 67.3 Å². The number of nitrogens with one attached hydrogen (secondary N) is 1. The van der Waals surface area contributed by atoms with Crippen LogP contribution in [0.2, 0.25) is 0 Å². The molecule has 0 spiro atoms. The van der Waals surface area contributed by atoms with E-state index < -0.39 is 0 Å². The van der Waals surface area contributed by atoms with Crippen LogP contribution >= 0.6 is 11.8 Å². The number of hydrogen-bond acceptors (Lipinski definition) is 4. The van der Waals surface area contributed by atoms with E-state index in [1.165, 1.54) is 0 Å². The Morgan fingerprint density at radius 2 is 1.83 bits per heavy atom. The Morgan fingerprint density at radius 3 is 2.62 bits per heavy atom. The summed E-state index contributed by atoms with van der Waals surface area (Å²) < 4.78 is 1.93. The molecule has 122 valence electrons. The molecule has 0 aliphatic rings. The first kappa shape index (κ1) is 16.3. The molecular formula is C18H18N4OS. The number of rotatable bonds is 7. The van der Waals surface area contributed by atoms with Crippen molar-refractivity contribution in [2.75, 3.05) is 11.1 Å². The predicted octanol–water partition coefficient (Wildman–Crippen LogP) is 3.20. The average molecular weight is 338 g/mol. The van der Waals surface area contributed by atoms with Crippen molar-refractivity contribution >= 4 is 23.6 Å². The lowest BCUT2D eigenvalue weighted by Crippen LogP contribution is -2.18. The molecule has 3 aromatic rings. The summed E-state index contributed by atoms with van der Waals surface area (Å²) in [5.74, 6) is 1.71. The second-order valence-corrected chi connectivity index (χ2v) is 6.25. The lowest BCUT2D eigenvalue weighted by atomic mass is 10.2.